The molecule has 0 aromatic heterocycles. The van der Waals surface area contributed by atoms with Gasteiger partial charge < -0.3 is 10.6 Å². The molecule has 0 spiro atoms. The molecular weight excluding hydrogens is 212 g/mol. The zero-order valence-corrected chi connectivity index (χ0v) is 10.5. The molecule has 0 saturated carbocycles. The van der Waals surface area contributed by atoms with Crippen molar-refractivity contribution in [3.63, 3.8) is 0 Å². The van der Waals surface area contributed by atoms with E-state index in [2.05, 4.69) is 19.1 Å². The number of nitrogens with two attached hydrogens (primary N) is 1. The lowest BCUT2D eigenvalue weighted by atomic mass is 10.0. The molecular formula is C14H20N2O. The van der Waals surface area contributed by atoms with E-state index in [-0.39, 0.29) is 18.0 Å². The third kappa shape index (κ3) is 2.50. The van der Waals surface area contributed by atoms with Gasteiger partial charge in [0.2, 0.25) is 5.91 Å². The first-order valence-corrected chi connectivity index (χ1v) is 6.19. The Kier molecular flexibility index (Phi) is 3.48. The lowest BCUT2D eigenvalue weighted by Gasteiger charge is -2.25. The highest BCUT2D eigenvalue weighted by Gasteiger charge is 2.34. The van der Waals surface area contributed by atoms with Gasteiger partial charge in [-0.05, 0) is 19.4 Å². The van der Waals surface area contributed by atoms with Crippen molar-refractivity contribution in [2.45, 2.75) is 32.4 Å². The monoisotopic (exact) mass is 232 g/mol. The van der Waals surface area contributed by atoms with E-state index < -0.39 is 0 Å². The summed E-state index contributed by atoms with van der Waals surface area (Å²) >= 11 is 0. The predicted molar refractivity (Wildman–Crippen MR) is 68.3 cm³/mol. The number of carbonyl (C=O) groups is 1. The molecule has 1 aromatic carbocycles. The number of hydrogen-bond donors (Lipinski definition) is 1. The summed E-state index contributed by atoms with van der Waals surface area (Å²) in [5.41, 5.74) is 7.07. The lowest BCUT2D eigenvalue weighted by Crippen LogP contribution is -2.32. The van der Waals surface area contributed by atoms with Crippen LogP contribution in [0.2, 0.25) is 0 Å². The summed E-state index contributed by atoms with van der Waals surface area (Å²) in [6.45, 7) is 4.85. The minimum atomic E-state index is 0.0897. The zero-order chi connectivity index (χ0) is 12.4. The number of rotatable bonds is 3. The van der Waals surface area contributed by atoms with Crippen molar-refractivity contribution in [3.8, 4) is 0 Å². The molecule has 1 aliphatic heterocycles. The molecule has 2 unspecified atom stereocenters. The largest absolute Gasteiger partial charge is 0.336 e. The first-order chi connectivity index (χ1) is 8.09. The minimum absolute atomic E-state index is 0.0897. The van der Waals surface area contributed by atoms with Gasteiger partial charge in [0.25, 0.3) is 0 Å². The Morgan fingerprint density at radius 2 is 1.94 bits per heavy atom. The van der Waals surface area contributed by atoms with Gasteiger partial charge in [-0.2, -0.15) is 0 Å². The fourth-order valence-corrected chi connectivity index (χ4v) is 2.40. The highest BCUT2D eigenvalue weighted by molar-refractivity contribution is 5.79. The maximum atomic E-state index is 12.0. The average Bonchev–Trinajstić information content (AvgIpc) is 2.72. The van der Waals surface area contributed by atoms with E-state index in [0.29, 0.717) is 12.3 Å². The molecule has 1 amide bonds. The Balaban J connectivity index is 2.11. The van der Waals surface area contributed by atoms with Gasteiger partial charge in [0.05, 0.1) is 6.04 Å². The fourth-order valence-electron chi connectivity index (χ4n) is 2.40. The van der Waals surface area contributed by atoms with E-state index in [9.17, 15) is 4.79 Å². The molecule has 1 heterocycles. The topological polar surface area (TPSA) is 46.3 Å². The van der Waals surface area contributed by atoms with Crippen molar-refractivity contribution in [1.29, 1.82) is 0 Å². The number of hydrogen-bond acceptors (Lipinski definition) is 2. The van der Waals surface area contributed by atoms with Crippen LogP contribution in [0.25, 0.3) is 0 Å². The third-order valence-electron chi connectivity index (χ3n) is 3.68. The van der Waals surface area contributed by atoms with Crippen LogP contribution in [0.15, 0.2) is 30.3 Å². The summed E-state index contributed by atoms with van der Waals surface area (Å²) in [5, 5.41) is 0. The van der Waals surface area contributed by atoms with Crippen molar-refractivity contribution in [2.75, 3.05) is 6.54 Å². The van der Waals surface area contributed by atoms with Crippen molar-refractivity contribution in [3.05, 3.63) is 35.9 Å². The normalized spacial score (nSPS) is 23.8. The van der Waals surface area contributed by atoms with Crippen LogP contribution >= 0.6 is 0 Å². The summed E-state index contributed by atoms with van der Waals surface area (Å²) in [6, 6.07) is 10.4. The van der Waals surface area contributed by atoms with Gasteiger partial charge in [0.15, 0.2) is 0 Å². The summed E-state index contributed by atoms with van der Waals surface area (Å²) in [4.78, 5) is 13.9. The standard InChI is InChI=1S/C14H20N2O/c1-10(15)13-8-14(17)16(9-13)11(2)12-6-4-3-5-7-12/h3-7,10-11,13H,8-9,15H2,1-2H3/t10?,11?,13-/m1/s1. The molecule has 2 rings (SSSR count). The van der Waals surface area contributed by atoms with Gasteiger partial charge in [-0.25, -0.2) is 0 Å². The second kappa shape index (κ2) is 4.88. The van der Waals surface area contributed by atoms with Crippen molar-refractivity contribution in [2.24, 2.45) is 11.7 Å². The second-order valence-electron chi connectivity index (χ2n) is 4.96. The van der Waals surface area contributed by atoms with Crippen molar-refractivity contribution < 1.29 is 4.79 Å². The van der Waals surface area contributed by atoms with Gasteiger partial charge in [-0.15, -0.1) is 0 Å². The molecule has 1 aromatic rings. The number of amides is 1. The van der Waals surface area contributed by atoms with Gasteiger partial charge in [0, 0.05) is 24.9 Å². The highest BCUT2D eigenvalue weighted by atomic mass is 16.2. The summed E-state index contributed by atoms with van der Waals surface area (Å²) in [5.74, 6) is 0.525. The molecule has 1 fully saturated rings. The van der Waals surface area contributed by atoms with Crippen LogP contribution in [0.1, 0.15) is 31.9 Å². The summed E-state index contributed by atoms with van der Waals surface area (Å²) < 4.78 is 0. The molecule has 92 valence electrons. The average molecular weight is 232 g/mol. The summed E-state index contributed by atoms with van der Waals surface area (Å²) in [7, 11) is 0. The third-order valence-corrected chi connectivity index (χ3v) is 3.68. The van der Waals surface area contributed by atoms with E-state index in [0.717, 1.165) is 6.54 Å². The van der Waals surface area contributed by atoms with E-state index in [1.807, 2.05) is 30.0 Å². The molecule has 0 aliphatic carbocycles. The molecule has 0 bridgehead atoms. The minimum Gasteiger partial charge on any atom is -0.336 e. The molecule has 0 radical (unpaired) electrons. The molecule has 2 N–H and O–H groups in total. The number of carbonyl (C=O) groups excluding carboxylic acids is 1. The summed E-state index contributed by atoms with van der Waals surface area (Å²) in [6.07, 6.45) is 0.592. The van der Waals surface area contributed by atoms with Gasteiger partial charge in [0.1, 0.15) is 0 Å². The maximum Gasteiger partial charge on any atom is 0.223 e. The van der Waals surface area contributed by atoms with E-state index in [4.69, 9.17) is 5.73 Å². The van der Waals surface area contributed by atoms with Crippen molar-refractivity contribution in [1.82, 2.24) is 4.90 Å². The Hall–Kier alpha value is -1.35. The first-order valence-electron chi connectivity index (χ1n) is 6.19. The van der Waals surface area contributed by atoms with Gasteiger partial charge in [-0.3, -0.25) is 4.79 Å². The Morgan fingerprint density at radius 3 is 2.47 bits per heavy atom. The van der Waals surface area contributed by atoms with Gasteiger partial charge >= 0.3 is 0 Å². The van der Waals surface area contributed by atoms with Crippen LogP contribution in [0.4, 0.5) is 0 Å². The van der Waals surface area contributed by atoms with Crippen LogP contribution in [-0.4, -0.2) is 23.4 Å². The van der Waals surface area contributed by atoms with E-state index >= 15 is 0 Å². The van der Waals surface area contributed by atoms with Crippen LogP contribution in [0, 0.1) is 5.92 Å². The Labute approximate surface area is 103 Å². The molecule has 3 heteroatoms. The fraction of sp³-hybridized carbons (Fsp3) is 0.500. The molecule has 3 atom stereocenters. The second-order valence-corrected chi connectivity index (χ2v) is 4.96. The Bertz CT molecular complexity index is 388. The van der Waals surface area contributed by atoms with Crippen LogP contribution in [0.3, 0.4) is 0 Å². The van der Waals surface area contributed by atoms with Crippen LogP contribution in [-0.2, 0) is 4.79 Å². The number of benzene rings is 1. The molecule has 1 aliphatic rings. The smallest absolute Gasteiger partial charge is 0.223 e. The maximum absolute atomic E-state index is 12.0. The van der Waals surface area contributed by atoms with E-state index in [1.54, 1.807) is 0 Å². The molecule has 17 heavy (non-hydrogen) atoms. The number of nitrogens with zero attached hydrogens (tertiary/aromatic N) is 1. The van der Waals surface area contributed by atoms with Crippen LogP contribution in [0.5, 0.6) is 0 Å². The SMILES string of the molecule is CC(N)[C@@H]1CC(=O)N(C(C)c2ccccc2)C1. The molecule has 1 saturated heterocycles. The van der Waals surface area contributed by atoms with Gasteiger partial charge in [-0.1, -0.05) is 30.3 Å². The lowest BCUT2D eigenvalue weighted by molar-refractivity contribution is -0.129. The quantitative estimate of drug-likeness (QED) is 0.865. The Morgan fingerprint density at radius 1 is 1.29 bits per heavy atom. The number of likely N-dealkylation sites (tertiary alicyclic amines) is 1. The highest BCUT2D eigenvalue weighted by Crippen LogP contribution is 2.29. The zero-order valence-electron chi connectivity index (χ0n) is 10.5. The van der Waals surface area contributed by atoms with Crippen LogP contribution < -0.4 is 5.73 Å². The van der Waals surface area contributed by atoms with Crippen molar-refractivity contribution >= 4 is 5.91 Å². The predicted octanol–water partition coefficient (Wildman–Crippen LogP) is 1.94. The first kappa shape index (κ1) is 12.1. The van der Waals surface area contributed by atoms with E-state index in [1.165, 1.54) is 5.56 Å². The molecule has 3 nitrogen and oxygen atoms in total.